The minimum Gasteiger partial charge on any atom is -0.495 e. The lowest BCUT2D eigenvalue weighted by Crippen LogP contribution is -2.32. The lowest BCUT2D eigenvalue weighted by Gasteiger charge is -2.23. The van der Waals surface area contributed by atoms with Gasteiger partial charge in [-0.3, -0.25) is 19.8 Å². The van der Waals surface area contributed by atoms with Gasteiger partial charge in [-0.1, -0.05) is 6.07 Å². The van der Waals surface area contributed by atoms with E-state index in [1.807, 2.05) is 11.4 Å². The predicted octanol–water partition coefficient (Wildman–Crippen LogP) is 3.44. The molecule has 1 aromatic carbocycles. The number of carbonyl (C=O) groups is 1. The van der Waals surface area contributed by atoms with Gasteiger partial charge in [0.1, 0.15) is 5.75 Å². The number of methoxy groups -OCH3 is 1. The van der Waals surface area contributed by atoms with Gasteiger partial charge in [-0.25, -0.2) is 0 Å². The summed E-state index contributed by atoms with van der Waals surface area (Å²) >= 11 is 1.70. The van der Waals surface area contributed by atoms with Crippen LogP contribution in [0.2, 0.25) is 0 Å². The van der Waals surface area contributed by atoms with Crippen LogP contribution in [0.5, 0.6) is 5.75 Å². The van der Waals surface area contributed by atoms with Gasteiger partial charge in [0.15, 0.2) is 0 Å². The first-order chi connectivity index (χ1) is 12.1. The average Bonchev–Trinajstić information content (AvgIpc) is 3.25. The topological polar surface area (TPSA) is 84.7 Å². The van der Waals surface area contributed by atoms with Crippen molar-refractivity contribution in [2.24, 2.45) is 0 Å². The number of ether oxygens (including phenoxy) is 1. The molecule has 0 aliphatic carbocycles. The maximum atomic E-state index is 12.5. The SMILES string of the molecule is COc1ccc([N+](=O)[O-])cc1NC(=O)CN1CCC[C@H]1c1cccs1. The van der Waals surface area contributed by atoms with Crippen LogP contribution in [-0.4, -0.2) is 35.9 Å². The Kier molecular flexibility index (Phi) is 5.30. The molecule has 3 rings (SSSR count). The minimum absolute atomic E-state index is 0.0891. The molecule has 0 unspecified atom stereocenters. The van der Waals surface area contributed by atoms with Crippen molar-refractivity contribution in [2.45, 2.75) is 18.9 Å². The maximum absolute atomic E-state index is 12.5. The van der Waals surface area contributed by atoms with Crippen LogP contribution in [0.15, 0.2) is 35.7 Å². The molecule has 1 N–H and O–H groups in total. The number of nitro groups is 1. The van der Waals surface area contributed by atoms with E-state index in [-0.39, 0.29) is 24.2 Å². The van der Waals surface area contributed by atoms with Crippen LogP contribution < -0.4 is 10.1 Å². The minimum atomic E-state index is -0.498. The third kappa shape index (κ3) is 3.97. The molecule has 1 atom stereocenters. The van der Waals surface area contributed by atoms with E-state index in [9.17, 15) is 14.9 Å². The largest absolute Gasteiger partial charge is 0.495 e. The van der Waals surface area contributed by atoms with E-state index in [1.165, 1.54) is 30.2 Å². The second-order valence-corrected chi connectivity index (χ2v) is 6.81. The van der Waals surface area contributed by atoms with Gasteiger partial charge in [-0.05, 0) is 36.9 Å². The molecule has 25 heavy (non-hydrogen) atoms. The predicted molar refractivity (Wildman–Crippen MR) is 96.1 cm³/mol. The zero-order chi connectivity index (χ0) is 17.8. The molecule has 0 saturated carbocycles. The molecule has 2 heterocycles. The van der Waals surface area contributed by atoms with Gasteiger partial charge in [0.25, 0.3) is 5.69 Å². The van der Waals surface area contributed by atoms with Crippen molar-refractivity contribution in [1.82, 2.24) is 4.90 Å². The van der Waals surface area contributed by atoms with Crippen LogP contribution in [0, 0.1) is 10.1 Å². The summed E-state index contributed by atoms with van der Waals surface area (Å²) in [7, 11) is 1.46. The molecule has 1 saturated heterocycles. The first kappa shape index (κ1) is 17.4. The van der Waals surface area contributed by atoms with Crippen LogP contribution >= 0.6 is 11.3 Å². The summed E-state index contributed by atoms with van der Waals surface area (Å²) in [5.74, 6) is 0.192. The molecule has 0 radical (unpaired) electrons. The smallest absolute Gasteiger partial charge is 0.271 e. The number of rotatable bonds is 6. The zero-order valence-corrected chi connectivity index (χ0v) is 14.6. The Labute approximate surface area is 149 Å². The molecular formula is C17H19N3O4S. The number of likely N-dealkylation sites (tertiary alicyclic amines) is 1. The summed E-state index contributed by atoms with van der Waals surface area (Å²) in [6.45, 7) is 1.11. The number of nitrogens with one attached hydrogen (secondary N) is 1. The van der Waals surface area contributed by atoms with Crippen molar-refractivity contribution < 1.29 is 14.5 Å². The second-order valence-electron chi connectivity index (χ2n) is 5.83. The van der Waals surface area contributed by atoms with Gasteiger partial charge in [-0.15, -0.1) is 11.3 Å². The van der Waals surface area contributed by atoms with Gasteiger partial charge in [-0.2, -0.15) is 0 Å². The van der Waals surface area contributed by atoms with Crippen molar-refractivity contribution >= 4 is 28.6 Å². The molecular weight excluding hydrogens is 342 g/mol. The molecule has 0 bridgehead atoms. The van der Waals surface area contributed by atoms with Crippen LogP contribution in [0.25, 0.3) is 0 Å². The molecule has 7 nitrogen and oxygen atoms in total. The van der Waals surface area contributed by atoms with E-state index < -0.39 is 4.92 Å². The number of carbonyl (C=O) groups excluding carboxylic acids is 1. The summed E-state index contributed by atoms with van der Waals surface area (Å²) in [5, 5.41) is 15.7. The van der Waals surface area contributed by atoms with Crippen molar-refractivity contribution in [3.8, 4) is 5.75 Å². The molecule has 1 aromatic heterocycles. The summed E-state index contributed by atoms with van der Waals surface area (Å²) in [5.41, 5.74) is 0.224. The Morgan fingerprint density at radius 3 is 3.00 bits per heavy atom. The van der Waals surface area contributed by atoms with Gasteiger partial charge in [0.05, 0.1) is 24.3 Å². The summed E-state index contributed by atoms with van der Waals surface area (Å²) < 4.78 is 5.18. The van der Waals surface area contributed by atoms with Crippen LogP contribution in [0.1, 0.15) is 23.8 Å². The van der Waals surface area contributed by atoms with E-state index in [0.29, 0.717) is 11.4 Å². The molecule has 2 aromatic rings. The van der Waals surface area contributed by atoms with Gasteiger partial charge in [0.2, 0.25) is 5.91 Å². The highest BCUT2D eigenvalue weighted by Crippen LogP contribution is 2.34. The monoisotopic (exact) mass is 361 g/mol. The summed E-state index contributed by atoms with van der Waals surface area (Å²) in [6, 6.07) is 8.52. The van der Waals surface area contributed by atoms with Crippen molar-refractivity contribution in [1.29, 1.82) is 0 Å². The molecule has 8 heteroatoms. The molecule has 1 amide bonds. The third-order valence-electron chi connectivity index (χ3n) is 4.25. The zero-order valence-electron chi connectivity index (χ0n) is 13.8. The van der Waals surface area contributed by atoms with Crippen LogP contribution in [0.3, 0.4) is 0 Å². The number of amides is 1. The third-order valence-corrected chi connectivity index (χ3v) is 5.22. The highest BCUT2D eigenvalue weighted by Gasteiger charge is 2.28. The van der Waals surface area contributed by atoms with E-state index in [0.717, 1.165) is 19.4 Å². The van der Waals surface area contributed by atoms with Crippen molar-refractivity contribution in [2.75, 3.05) is 25.5 Å². The Morgan fingerprint density at radius 2 is 2.32 bits per heavy atom. The molecule has 1 fully saturated rings. The Bertz CT molecular complexity index is 763. The van der Waals surface area contributed by atoms with Crippen molar-refractivity contribution in [3.63, 3.8) is 0 Å². The van der Waals surface area contributed by atoms with Crippen LogP contribution in [-0.2, 0) is 4.79 Å². The highest BCUT2D eigenvalue weighted by atomic mass is 32.1. The quantitative estimate of drug-likeness (QED) is 0.629. The van der Waals surface area contributed by atoms with E-state index in [1.54, 1.807) is 11.3 Å². The highest BCUT2D eigenvalue weighted by molar-refractivity contribution is 7.10. The first-order valence-corrected chi connectivity index (χ1v) is 8.86. The number of nitro benzene ring substituents is 1. The number of hydrogen-bond acceptors (Lipinski definition) is 6. The van der Waals surface area contributed by atoms with E-state index in [2.05, 4.69) is 16.3 Å². The van der Waals surface area contributed by atoms with Gasteiger partial charge >= 0.3 is 0 Å². The maximum Gasteiger partial charge on any atom is 0.271 e. The Balaban J connectivity index is 1.70. The summed E-state index contributed by atoms with van der Waals surface area (Å²) in [6.07, 6.45) is 2.09. The average molecular weight is 361 g/mol. The fourth-order valence-corrected chi connectivity index (χ4v) is 4.00. The standard InChI is InChI=1S/C17H19N3O4S/c1-24-15-7-6-12(20(22)23)10-13(15)18-17(21)11-19-8-2-4-14(19)16-5-3-9-25-16/h3,5-7,9-10,14H,2,4,8,11H2,1H3,(H,18,21)/t14-/m0/s1. The summed E-state index contributed by atoms with van der Waals surface area (Å²) in [4.78, 5) is 26.3. The first-order valence-electron chi connectivity index (χ1n) is 7.98. The normalized spacial score (nSPS) is 17.4. The van der Waals surface area contributed by atoms with Gasteiger partial charge in [0, 0.05) is 23.1 Å². The number of thiophene rings is 1. The van der Waals surface area contributed by atoms with E-state index >= 15 is 0 Å². The number of non-ortho nitro benzene ring substituents is 1. The van der Waals surface area contributed by atoms with E-state index in [4.69, 9.17) is 4.74 Å². The number of anilines is 1. The second kappa shape index (κ2) is 7.62. The molecule has 0 spiro atoms. The van der Waals surface area contributed by atoms with Gasteiger partial charge < -0.3 is 10.1 Å². The fraction of sp³-hybridized carbons (Fsp3) is 0.353. The number of hydrogen-bond donors (Lipinski definition) is 1. The Hall–Kier alpha value is -2.45. The fourth-order valence-electron chi connectivity index (χ4n) is 3.10. The van der Waals surface area contributed by atoms with Crippen molar-refractivity contribution in [3.05, 3.63) is 50.7 Å². The molecule has 1 aliphatic rings. The Morgan fingerprint density at radius 1 is 1.48 bits per heavy atom. The number of nitrogens with zero attached hydrogens (tertiary/aromatic N) is 2. The lowest BCUT2D eigenvalue weighted by atomic mass is 10.2. The molecule has 132 valence electrons. The number of benzene rings is 1. The van der Waals surface area contributed by atoms with Crippen LogP contribution in [0.4, 0.5) is 11.4 Å². The molecule has 1 aliphatic heterocycles. The lowest BCUT2D eigenvalue weighted by molar-refractivity contribution is -0.384.